The smallest absolute Gasteiger partial charge is 0.236 e. The van der Waals surface area contributed by atoms with Gasteiger partial charge >= 0.3 is 0 Å². The van der Waals surface area contributed by atoms with E-state index >= 15 is 0 Å². The minimum atomic E-state index is -0.403. The fourth-order valence-electron chi connectivity index (χ4n) is 1.20. The summed E-state index contributed by atoms with van der Waals surface area (Å²) in [7, 11) is 0. The molecule has 0 rings (SSSR count). The van der Waals surface area contributed by atoms with Gasteiger partial charge in [-0.05, 0) is 26.2 Å². The van der Waals surface area contributed by atoms with Gasteiger partial charge in [-0.3, -0.25) is 4.79 Å². The van der Waals surface area contributed by atoms with E-state index in [4.69, 9.17) is 5.73 Å². The molecule has 0 saturated carbocycles. The van der Waals surface area contributed by atoms with Gasteiger partial charge in [0.2, 0.25) is 5.91 Å². The third-order valence-electron chi connectivity index (χ3n) is 2.26. The van der Waals surface area contributed by atoms with E-state index in [1.165, 1.54) is 0 Å². The summed E-state index contributed by atoms with van der Waals surface area (Å²) < 4.78 is 0. The van der Waals surface area contributed by atoms with Gasteiger partial charge in [0.25, 0.3) is 0 Å². The standard InChI is InChI=1S/C10H22N2O/c1-5-7(2)6-8(3)12-10(13)9(4)11/h7-9H,5-6,11H2,1-4H3,(H,12,13)/t7?,8?,9-/m1/s1. The van der Waals surface area contributed by atoms with Crippen LogP contribution in [0.3, 0.4) is 0 Å². The van der Waals surface area contributed by atoms with Gasteiger partial charge in [-0.15, -0.1) is 0 Å². The van der Waals surface area contributed by atoms with Crippen molar-refractivity contribution in [3.8, 4) is 0 Å². The van der Waals surface area contributed by atoms with Gasteiger partial charge in [-0.1, -0.05) is 20.3 Å². The van der Waals surface area contributed by atoms with Crippen LogP contribution in [0.25, 0.3) is 0 Å². The molecule has 0 aliphatic heterocycles. The summed E-state index contributed by atoms with van der Waals surface area (Å²) in [6, 6.07) is -0.173. The molecule has 0 bridgehead atoms. The van der Waals surface area contributed by atoms with Gasteiger partial charge < -0.3 is 11.1 Å². The molecule has 1 amide bonds. The number of rotatable bonds is 5. The molecule has 0 aliphatic rings. The zero-order valence-corrected chi connectivity index (χ0v) is 9.13. The van der Waals surface area contributed by atoms with Gasteiger partial charge in [0, 0.05) is 6.04 Å². The van der Waals surface area contributed by atoms with Crippen LogP contribution in [-0.2, 0) is 4.79 Å². The SMILES string of the molecule is CCC(C)CC(C)NC(=O)[C@@H](C)N. The minimum Gasteiger partial charge on any atom is -0.352 e. The first-order valence-corrected chi connectivity index (χ1v) is 5.03. The monoisotopic (exact) mass is 186 g/mol. The molecule has 0 fully saturated rings. The minimum absolute atomic E-state index is 0.0594. The first-order chi connectivity index (χ1) is 5.97. The maximum atomic E-state index is 11.2. The molecule has 3 atom stereocenters. The Morgan fingerprint density at radius 3 is 2.31 bits per heavy atom. The lowest BCUT2D eigenvalue weighted by Gasteiger charge is -2.18. The Balaban J connectivity index is 3.74. The van der Waals surface area contributed by atoms with Crippen molar-refractivity contribution in [2.24, 2.45) is 11.7 Å². The van der Waals surface area contributed by atoms with Gasteiger partial charge in [-0.2, -0.15) is 0 Å². The number of carbonyl (C=O) groups excluding carboxylic acids is 1. The molecule has 3 N–H and O–H groups in total. The second kappa shape index (κ2) is 5.97. The Bertz CT molecular complexity index is 157. The molecule has 0 aliphatic carbocycles. The topological polar surface area (TPSA) is 55.1 Å². The van der Waals surface area contributed by atoms with Crippen molar-refractivity contribution in [1.29, 1.82) is 0 Å². The molecule has 3 heteroatoms. The van der Waals surface area contributed by atoms with Gasteiger partial charge in [0.1, 0.15) is 0 Å². The van der Waals surface area contributed by atoms with Crippen LogP contribution in [0.1, 0.15) is 40.5 Å². The lowest BCUT2D eigenvalue weighted by Crippen LogP contribution is -2.43. The molecule has 3 nitrogen and oxygen atoms in total. The van der Waals surface area contributed by atoms with Crippen LogP contribution in [0, 0.1) is 5.92 Å². The summed E-state index contributed by atoms with van der Waals surface area (Å²) in [5.41, 5.74) is 5.44. The number of carbonyl (C=O) groups is 1. The summed E-state index contributed by atoms with van der Waals surface area (Å²) in [6.45, 7) is 8.07. The highest BCUT2D eigenvalue weighted by molar-refractivity contribution is 5.81. The Morgan fingerprint density at radius 2 is 1.92 bits per heavy atom. The van der Waals surface area contributed by atoms with E-state index in [1.807, 2.05) is 6.92 Å². The lowest BCUT2D eigenvalue weighted by atomic mass is 10.0. The second-order valence-electron chi connectivity index (χ2n) is 3.95. The molecular weight excluding hydrogens is 164 g/mol. The molecule has 0 aromatic heterocycles. The number of amides is 1. The molecule has 0 saturated heterocycles. The Labute approximate surface area is 81.1 Å². The van der Waals surface area contributed by atoms with Crippen molar-refractivity contribution in [1.82, 2.24) is 5.32 Å². The van der Waals surface area contributed by atoms with Crippen LogP contribution in [0.4, 0.5) is 0 Å². The normalized spacial score (nSPS) is 17.6. The van der Waals surface area contributed by atoms with Crippen LogP contribution in [-0.4, -0.2) is 18.0 Å². The average Bonchev–Trinajstić information content (AvgIpc) is 2.03. The second-order valence-corrected chi connectivity index (χ2v) is 3.95. The molecule has 0 radical (unpaired) electrons. The largest absolute Gasteiger partial charge is 0.352 e. The van der Waals surface area contributed by atoms with Crippen molar-refractivity contribution < 1.29 is 4.79 Å². The summed E-state index contributed by atoms with van der Waals surface area (Å²) in [5, 5.41) is 2.88. The quantitative estimate of drug-likeness (QED) is 0.679. The van der Waals surface area contributed by atoms with E-state index in [1.54, 1.807) is 6.92 Å². The van der Waals surface area contributed by atoms with Crippen molar-refractivity contribution in [2.45, 2.75) is 52.6 Å². The maximum absolute atomic E-state index is 11.2. The molecule has 0 aromatic rings. The zero-order valence-electron chi connectivity index (χ0n) is 9.13. The fourth-order valence-corrected chi connectivity index (χ4v) is 1.20. The Kier molecular flexibility index (Phi) is 5.71. The number of hydrogen-bond acceptors (Lipinski definition) is 2. The molecule has 13 heavy (non-hydrogen) atoms. The summed E-state index contributed by atoms with van der Waals surface area (Å²) >= 11 is 0. The van der Waals surface area contributed by atoms with E-state index in [2.05, 4.69) is 19.2 Å². The van der Waals surface area contributed by atoms with Crippen molar-refractivity contribution in [3.63, 3.8) is 0 Å². The van der Waals surface area contributed by atoms with Crippen LogP contribution >= 0.6 is 0 Å². The summed E-state index contributed by atoms with van der Waals surface area (Å²) in [6.07, 6.45) is 2.17. The Morgan fingerprint density at radius 1 is 1.38 bits per heavy atom. The number of hydrogen-bond donors (Lipinski definition) is 2. The van der Waals surface area contributed by atoms with Gasteiger partial charge in [-0.25, -0.2) is 0 Å². The number of nitrogens with one attached hydrogen (secondary N) is 1. The Hall–Kier alpha value is -0.570. The van der Waals surface area contributed by atoms with Gasteiger partial charge in [0.05, 0.1) is 6.04 Å². The molecule has 78 valence electrons. The third-order valence-corrected chi connectivity index (χ3v) is 2.26. The molecular formula is C10H22N2O. The predicted molar refractivity (Wildman–Crippen MR) is 55.3 cm³/mol. The highest BCUT2D eigenvalue weighted by atomic mass is 16.2. The van der Waals surface area contributed by atoms with E-state index in [0.29, 0.717) is 5.92 Å². The van der Waals surface area contributed by atoms with E-state index in [9.17, 15) is 4.79 Å². The van der Waals surface area contributed by atoms with E-state index in [0.717, 1.165) is 12.8 Å². The maximum Gasteiger partial charge on any atom is 0.236 e. The van der Waals surface area contributed by atoms with E-state index < -0.39 is 6.04 Å². The highest BCUT2D eigenvalue weighted by Gasteiger charge is 2.12. The first-order valence-electron chi connectivity index (χ1n) is 5.03. The van der Waals surface area contributed by atoms with Crippen molar-refractivity contribution in [3.05, 3.63) is 0 Å². The zero-order chi connectivity index (χ0) is 10.4. The third kappa shape index (κ3) is 5.64. The van der Waals surface area contributed by atoms with Gasteiger partial charge in [0.15, 0.2) is 0 Å². The number of nitrogens with two attached hydrogens (primary N) is 1. The molecule has 0 spiro atoms. The molecule has 0 heterocycles. The van der Waals surface area contributed by atoms with Crippen LogP contribution < -0.4 is 11.1 Å². The average molecular weight is 186 g/mol. The molecule has 2 unspecified atom stereocenters. The van der Waals surface area contributed by atoms with Crippen molar-refractivity contribution in [2.75, 3.05) is 0 Å². The van der Waals surface area contributed by atoms with Crippen LogP contribution in [0.5, 0.6) is 0 Å². The fraction of sp³-hybridized carbons (Fsp3) is 0.900. The van der Waals surface area contributed by atoms with Crippen LogP contribution in [0.15, 0.2) is 0 Å². The highest BCUT2D eigenvalue weighted by Crippen LogP contribution is 2.09. The summed E-state index contributed by atoms with van der Waals surface area (Å²) in [5.74, 6) is 0.596. The predicted octanol–water partition coefficient (Wildman–Crippen LogP) is 1.27. The van der Waals surface area contributed by atoms with Crippen molar-refractivity contribution >= 4 is 5.91 Å². The first kappa shape index (κ1) is 12.4. The molecule has 0 aromatic carbocycles. The van der Waals surface area contributed by atoms with Crippen LogP contribution in [0.2, 0.25) is 0 Å². The summed E-state index contributed by atoms with van der Waals surface area (Å²) in [4.78, 5) is 11.2. The van der Waals surface area contributed by atoms with E-state index in [-0.39, 0.29) is 11.9 Å². The lowest BCUT2D eigenvalue weighted by molar-refractivity contribution is -0.122.